The van der Waals surface area contributed by atoms with E-state index in [1.807, 2.05) is 23.9 Å². The summed E-state index contributed by atoms with van der Waals surface area (Å²) in [5.74, 6) is 1.86. The Hall–Kier alpha value is -3.41. The predicted octanol–water partition coefficient (Wildman–Crippen LogP) is 3.66. The fraction of sp³-hybridized carbons (Fsp3) is 0.190. The number of fused-ring (bicyclic) bond motifs is 2. The number of aryl methyl sites for hydroxylation is 3. The average Bonchev–Trinajstić information content (AvgIpc) is 3.23. The minimum atomic E-state index is 0.759. The molecule has 0 atom stereocenters. The summed E-state index contributed by atoms with van der Waals surface area (Å²) in [5, 5.41) is 12.6. The Labute approximate surface area is 157 Å². The van der Waals surface area contributed by atoms with Crippen molar-refractivity contribution in [2.24, 2.45) is 0 Å². The molecule has 6 nitrogen and oxygen atoms in total. The third-order valence-corrected chi connectivity index (χ3v) is 4.97. The lowest BCUT2D eigenvalue weighted by Gasteiger charge is -2.13. The molecule has 0 unspecified atom stereocenters. The molecule has 0 fully saturated rings. The lowest BCUT2D eigenvalue weighted by Crippen LogP contribution is -2.07. The van der Waals surface area contributed by atoms with Crippen molar-refractivity contribution in [2.75, 3.05) is 5.32 Å². The molecule has 27 heavy (non-hydrogen) atoms. The Morgan fingerprint density at radius 2 is 1.89 bits per heavy atom. The van der Waals surface area contributed by atoms with Crippen molar-refractivity contribution in [3.05, 3.63) is 83.6 Å². The van der Waals surface area contributed by atoms with Gasteiger partial charge in [0.05, 0.1) is 18.4 Å². The van der Waals surface area contributed by atoms with Crippen LogP contribution in [0, 0.1) is 6.92 Å². The molecule has 2 aromatic carbocycles. The van der Waals surface area contributed by atoms with E-state index in [0.29, 0.717) is 0 Å². The summed E-state index contributed by atoms with van der Waals surface area (Å²) in [7, 11) is 0. The molecular formula is C21H20N6. The van der Waals surface area contributed by atoms with Crippen LogP contribution in [-0.4, -0.2) is 24.5 Å². The zero-order valence-corrected chi connectivity index (χ0v) is 15.1. The highest BCUT2D eigenvalue weighted by Gasteiger charge is 2.18. The van der Waals surface area contributed by atoms with Gasteiger partial charge >= 0.3 is 0 Å². The maximum atomic E-state index is 4.61. The van der Waals surface area contributed by atoms with Gasteiger partial charge in [-0.05, 0) is 49.1 Å². The quantitative estimate of drug-likeness (QED) is 0.608. The third kappa shape index (κ3) is 2.99. The van der Waals surface area contributed by atoms with Crippen LogP contribution < -0.4 is 5.32 Å². The van der Waals surface area contributed by atoms with Crippen molar-refractivity contribution < 1.29 is 0 Å². The van der Waals surface area contributed by atoms with Gasteiger partial charge in [-0.2, -0.15) is 10.2 Å². The first kappa shape index (κ1) is 15.8. The number of nitrogens with one attached hydrogen (secondary N) is 1. The highest BCUT2D eigenvalue weighted by atomic mass is 15.3. The van der Waals surface area contributed by atoms with E-state index in [9.17, 15) is 0 Å². The van der Waals surface area contributed by atoms with Crippen LogP contribution in [0.3, 0.4) is 0 Å². The molecule has 0 saturated carbocycles. The SMILES string of the molecule is Cc1ncn(-c2ccc3c(c2)CCc2cnn(Cc4ccccc4)c2N3)n1. The summed E-state index contributed by atoms with van der Waals surface area (Å²) in [5.41, 5.74) is 5.94. The van der Waals surface area contributed by atoms with E-state index in [1.54, 1.807) is 6.33 Å². The third-order valence-electron chi connectivity index (χ3n) is 4.97. The molecule has 2 aromatic heterocycles. The van der Waals surface area contributed by atoms with Gasteiger partial charge in [-0.1, -0.05) is 30.3 Å². The largest absolute Gasteiger partial charge is 0.340 e. The van der Waals surface area contributed by atoms with Gasteiger partial charge in [0.25, 0.3) is 0 Å². The molecule has 1 aliphatic heterocycles. The van der Waals surface area contributed by atoms with E-state index >= 15 is 0 Å². The van der Waals surface area contributed by atoms with Crippen molar-refractivity contribution in [3.8, 4) is 5.69 Å². The normalized spacial score (nSPS) is 12.8. The van der Waals surface area contributed by atoms with E-state index in [1.165, 1.54) is 16.7 Å². The fourth-order valence-corrected chi connectivity index (χ4v) is 3.55. The Balaban J connectivity index is 1.47. The summed E-state index contributed by atoms with van der Waals surface area (Å²) < 4.78 is 3.87. The zero-order chi connectivity index (χ0) is 18.2. The molecule has 134 valence electrons. The van der Waals surface area contributed by atoms with Gasteiger partial charge < -0.3 is 5.32 Å². The number of hydrogen-bond donors (Lipinski definition) is 1. The lowest BCUT2D eigenvalue weighted by molar-refractivity contribution is 0.695. The van der Waals surface area contributed by atoms with Crippen LogP contribution in [0.5, 0.6) is 0 Å². The summed E-state index contributed by atoms with van der Waals surface area (Å²) in [6, 6.07) is 16.8. The topological polar surface area (TPSA) is 60.6 Å². The second-order valence-corrected chi connectivity index (χ2v) is 6.86. The highest BCUT2D eigenvalue weighted by Crippen LogP contribution is 2.31. The van der Waals surface area contributed by atoms with Gasteiger partial charge in [0.15, 0.2) is 0 Å². The van der Waals surface area contributed by atoms with Gasteiger partial charge in [-0.3, -0.25) is 0 Å². The number of aromatic nitrogens is 5. The number of rotatable bonds is 3. The number of anilines is 2. The molecule has 3 heterocycles. The zero-order valence-electron chi connectivity index (χ0n) is 15.1. The van der Waals surface area contributed by atoms with Crippen molar-refractivity contribution in [1.29, 1.82) is 0 Å². The number of nitrogens with zero attached hydrogens (tertiary/aromatic N) is 5. The maximum Gasteiger partial charge on any atom is 0.147 e. The van der Waals surface area contributed by atoms with Gasteiger partial charge in [-0.15, -0.1) is 0 Å². The molecule has 4 aromatic rings. The van der Waals surface area contributed by atoms with Crippen LogP contribution in [0.1, 0.15) is 22.5 Å². The maximum absolute atomic E-state index is 4.61. The molecule has 0 aliphatic carbocycles. The van der Waals surface area contributed by atoms with E-state index < -0.39 is 0 Å². The molecule has 5 rings (SSSR count). The summed E-state index contributed by atoms with van der Waals surface area (Å²) in [6.45, 7) is 2.66. The molecule has 0 radical (unpaired) electrons. The average molecular weight is 356 g/mol. The van der Waals surface area contributed by atoms with E-state index in [0.717, 1.165) is 42.4 Å². The number of hydrogen-bond acceptors (Lipinski definition) is 4. The molecule has 1 aliphatic rings. The smallest absolute Gasteiger partial charge is 0.147 e. The number of benzene rings is 2. The monoisotopic (exact) mass is 356 g/mol. The van der Waals surface area contributed by atoms with Crippen LogP contribution in [0.25, 0.3) is 5.69 Å². The summed E-state index contributed by atoms with van der Waals surface area (Å²) >= 11 is 0. The Bertz CT molecular complexity index is 1090. The second kappa shape index (κ2) is 6.39. The lowest BCUT2D eigenvalue weighted by atomic mass is 10.1. The second-order valence-electron chi connectivity index (χ2n) is 6.86. The Morgan fingerprint density at radius 1 is 1.04 bits per heavy atom. The van der Waals surface area contributed by atoms with E-state index in [-0.39, 0.29) is 0 Å². The first-order chi connectivity index (χ1) is 13.3. The van der Waals surface area contributed by atoms with Crippen molar-refractivity contribution in [3.63, 3.8) is 0 Å². The van der Waals surface area contributed by atoms with Crippen LogP contribution in [0.15, 0.2) is 61.1 Å². The van der Waals surface area contributed by atoms with E-state index in [2.05, 4.69) is 67.6 Å². The van der Waals surface area contributed by atoms with Crippen LogP contribution >= 0.6 is 0 Å². The van der Waals surface area contributed by atoms with Crippen LogP contribution in [-0.2, 0) is 19.4 Å². The van der Waals surface area contributed by atoms with Crippen molar-refractivity contribution in [2.45, 2.75) is 26.3 Å². The molecule has 1 N–H and O–H groups in total. The highest BCUT2D eigenvalue weighted by molar-refractivity contribution is 5.67. The molecule has 0 amide bonds. The molecule has 0 bridgehead atoms. The standard InChI is InChI=1S/C21H20N6/c1-15-22-14-27(25-15)19-9-10-20-17(11-19)7-8-18-12-23-26(21(18)24-20)13-16-5-3-2-4-6-16/h2-6,9-12,14,24H,7-8,13H2,1H3. The van der Waals surface area contributed by atoms with Crippen molar-refractivity contribution >= 4 is 11.5 Å². The predicted molar refractivity (Wildman–Crippen MR) is 105 cm³/mol. The minimum Gasteiger partial charge on any atom is -0.340 e. The fourth-order valence-electron chi connectivity index (χ4n) is 3.55. The molecule has 0 saturated heterocycles. The van der Waals surface area contributed by atoms with Crippen LogP contribution in [0.4, 0.5) is 11.5 Å². The summed E-state index contributed by atoms with van der Waals surface area (Å²) in [4.78, 5) is 4.22. The Morgan fingerprint density at radius 3 is 2.70 bits per heavy atom. The van der Waals surface area contributed by atoms with Gasteiger partial charge in [0, 0.05) is 11.3 Å². The molecule has 0 spiro atoms. The molecular weight excluding hydrogens is 336 g/mol. The van der Waals surface area contributed by atoms with Gasteiger partial charge in [0.1, 0.15) is 18.0 Å². The first-order valence-electron chi connectivity index (χ1n) is 9.13. The van der Waals surface area contributed by atoms with Crippen LogP contribution in [0.2, 0.25) is 0 Å². The van der Waals surface area contributed by atoms with Gasteiger partial charge in [0.2, 0.25) is 0 Å². The molecule has 6 heteroatoms. The van der Waals surface area contributed by atoms with Gasteiger partial charge in [-0.25, -0.2) is 14.3 Å². The first-order valence-corrected chi connectivity index (χ1v) is 9.13. The Kier molecular flexibility index (Phi) is 3.74. The summed E-state index contributed by atoms with van der Waals surface area (Å²) in [6.07, 6.45) is 5.67. The minimum absolute atomic E-state index is 0.759. The van der Waals surface area contributed by atoms with Crippen molar-refractivity contribution in [1.82, 2.24) is 24.5 Å². The van der Waals surface area contributed by atoms with E-state index in [4.69, 9.17) is 0 Å².